The highest BCUT2D eigenvalue weighted by molar-refractivity contribution is 5.22. The first-order valence-corrected chi connectivity index (χ1v) is 7.87. The van der Waals surface area contributed by atoms with Crippen molar-refractivity contribution in [2.45, 2.75) is 84.8 Å². The summed E-state index contributed by atoms with van der Waals surface area (Å²) in [5, 5.41) is 3.52. The molecule has 1 aromatic heterocycles. The summed E-state index contributed by atoms with van der Waals surface area (Å²) >= 11 is 0. The van der Waals surface area contributed by atoms with E-state index in [9.17, 15) is 0 Å². The Labute approximate surface area is 117 Å². The lowest BCUT2D eigenvalue weighted by Crippen LogP contribution is -2.24. The summed E-state index contributed by atoms with van der Waals surface area (Å²) in [4.78, 5) is 4.96. The summed E-state index contributed by atoms with van der Waals surface area (Å²) in [6.45, 7) is 12.1. The number of nitrogens with zero attached hydrogens (tertiary/aromatic N) is 2. The van der Waals surface area contributed by atoms with Gasteiger partial charge in [-0.25, -0.2) is 4.98 Å². The van der Waals surface area contributed by atoms with E-state index in [1.54, 1.807) is 0 Å². The monoisotopic (exact) mass is 263 g/mol. The highest BCUT2D eigenvalue weighted by atomic mass is 15.1. The molecule has 1 N–H and O–H groups in total. The zero-order valence-electron chi connectivity index (χ0n) is 13.2. The van der Waals surface area contributed by atoms with Gasteiger partial charge in [0.2, 0.25) is 0 Å². The van der Waals surface area contributed by atoms with E-state index in [2.05, 4.69) is 44.5 Å². The van der Waals surface area contributed by atoms with Gasteiger partial charge in [0, 0.05) is 30.2 Å². The van der Waals surface area contributed by atoms with Crippen LogP contribution in [0.15, 0.2) is 0 Å². The van der Waals surface area contributed by atoms with Crippen LogP contribution in [-0.2, 0) is 13.0 Å². The highest BCUT2D eigenvalue weighted by Gasteiger charge is 2.26. The molecule has 108 valence electrons. The summed E-state index contributed by atoms with van der Waals surface area (Å²) < 4.78 is 2.56. The number of nitrogens with one attached hydrogen (secondary N) is 1. The molecule has 0 saturated heterocycles. The van der Waals surface area contributed by atoms with Crippen LogP contribution in [0.5, 0.6) is 0 Å². The second kappa shape index (κ2) is 6.08. The Balaban J connectivity index is 2.35. The van der Waals surface area contributed by atoms with Gasteiger partial charge in [0.25, 0.3) is 0 Å². The van der Waals surface area contributed by atoms with Crippen molar-refractivity contribution in [2.75, 3.05) is 0 Å². The minimum absolute atomic E-state index is 0.513. The molecule has 0 fully saturated rings. The van der Waals surface area contributed by atoms with E-state index in [4.69, 9.17) is 4.98 Å². The predicted octanol–water partition coefficient (Wildman–Crippen LogP) is 3.79. The summed E-state index contributed by atoms with van der Waals surface area (Å²) in [5.41, 5.74) is 2.78. The van der Waals surface area contributed by atoms with Gasteiger partial charge in [0.15, 0.2) is 0 Å². The Morgan fingerprint density at radius 3 is 2.63 bits per heavy atom. The minimum atomic E-state index is 0.513. The summed E-state index contributed by atoms with van der Waals surface area (Å²) in [5.74, 6) is 1.81. The Morgan fingerprint density at radius 1 is 1.32 bits per heavy atom. The first-order chi connectivity index (χ1) is 9.04. The molecule has 2 rings (SSSR count). The topological polar surface area (TPSA) is 29.9 Å². The molecule has 1 unspecified atom stereocenters. The fourth-order valence-electron chi connectivity index (χ4n) is 3.08. The molecule has 0 saturated carbocycles. The van der Waals surface area contributed by atoms with Crippen LogP contribution in [0.2, 0.25) is 0 Å². The molecule has 2 heterocycles. The van der Waals surface area contributed by atoms with Crippen LogP contribution in [0.25, 0.3) is 0 Å². The van der Waals surface area contributed by atoms with Crippen LogP contribution >= 0.6 is 0 Å². The lowest BCUT2D eigenvalue weighted by molar-refractivity contribution is 0.374. The molecule has 0 spiro atoms. The molecule has 0 bridgehead atoms. The van der Waals surface area contributed by atoms with Gasteiger partial charge in [0.1, 0.15) is 5.82 Å². The van der Waals surface area contributed by atoms with Crippen molar-refractivity contribution in [2.24, 2.45) is 0 Å². The molecule has 0 aromatic carbocycles. The van der Waals surface area contributed by atoms with Crippen LogP contribution in [-0.4, -0.2) is 15.6 Å². The molecular weight excluding hydrogens is 234 g/mol. The van der Waals surface area contributed by atoms with Crippen molar-refractivity contribution < 1.29 is 0 Å². The lowest BCUT2D eigenvalue weighted by atomic mass is 9.99. The number of rotatable bonds is 5. The quantitative estimate of drug-likeness (QED) is 0.876. The van der Waals surface area contributed by atoms with Crippen molar-refractivity contribution in [1.29, 1.82) is 0 Å². The molecule has 19 heavy (non-hydrogen) atoms. The molecule has 1 aromatic rings. The minimum Gasteiger partial charge on any atom is -0.328 e. The van der Waals surface area contributed by atoms with E-state index in [1.165, 1.54) is 42.9 Å². The normalized spacial score (nSPS) is 19.2. The van der Waals surface area contributed by atoms with Gasteiger partial charge in [-0.2, -0.15) is 0 Å². The molecule has 1 aliphatic rings. The fourth-order valence-corrected chi connectivity index (χ4v) is 3.08. The number of imidazole rings is 1. The zero-order valence-corrected chi connectivity index (χ0v) is 13.2. The predicted molar refractivity (Wildman–Crippen MR) is 80.6 cm³/mol. The number of aromatic nitrogens is 2. The molecule has 3 nitrogen and oxygen atoms in total. The summed E-state index contributed by atoms with van der Waals surface area (Å²) in [7, 11) is 0. The largest absolute Gasteiger partial charge is 0.328 e. The molecule has 1 atom stereocenters. The first-order valence-electron chi connectivity index (χ1n) is 7.87. The number of fused-ring (bicyclic) bond motifs is 1. The van der Waals surface area contributed by atoms with Gasteiger partial charge >= 0.3 is 0 Å². The number of hydrogen-bond acceptors (Lipinski definition) is 2. The smallest absolute Gasteiger partial charge is 0.112 e. The Morgan fingerprint density at radius 2 is 2.05 bits per heavy atom. The molecule has 0 aliphatic carbocycles. The lowest BCUT2D eigenvalue weighted by Gasteiger charge is -2.28. The average Bonchev–Trinajstić information content (AvgIpc) is 2.75. The Kier molecular flexibility index (Phi) is 4.67. The van der Waals surface area contributed by atoms with Crippen molar-refractivity contribution in [3.05, 3.63) is 17.2 Å². The van der Waals surface area contributed by atoms with Crippen molar-refractivity contribution >= 4 is 0 Å². The van der Waals surface area contributed by atoms with Crippen molar-refractivity contribution in [3.8, 4) is 0 Å². The third-order valence-corrected chi connectivity index (χ3v) is 4.10. The first kappa shape index (κ1) is 14.6. The van der Waals surface area contributed by atoms with E-state index in [0.717, 1.165) is 6.54 Å². The maximum Gasteiger partial charge on any atom is 0.112 e. The van der Waals surface area contributed by atoms with Crippen LogP contribution in [0.3, 0.4) is 0 Å². The summed E-state index contributed by atoms with van der Waals surface area (Å²) in [6, 6.07) is 1.19. The maximum atomic E-state index is 4.96. The van der Waals surface area contributed by atoms with Crippen LogP contribution < -0.4 is 5.32 Å². The third-order valence-electron chi connectivity index (χ3n) is 4.10. The van der Waals surface area contributed by atoms with Gasteiger partial charge in [-0.15, -0.1) is 0 Å². The standard InChI is InChI=1S/C16H29N3/c1-6-13-8-7-9-15-14(10-17-12(4)5)18-16(11(2)3)19(13)15/h11-13,17H,6-10H2,1-5H3. The Hall–Kier alpha value is -0.830. The zero-order chi connectivity index (χ0) is 14.0. The van der Waals surface area contributed by atoms with E-state index in [0.29, 0.717) is 18.0 Å². The van der Waals surface area contributed by atoms with Gasteiger partial charge in [-0.05, 0) is 25.7 Å². The van der Waals surface area contributed by atoms with Gasteiger partial charge in [-0.1, -0.05) is 34.6 Å². The van der Waals surface area contributed by atoms with Crippen LogP contribution in [0, 0.1) is 0 Å². The van der Waals surface area contributed by atoms with Crippen LogP contribution in [0.4, 0.5) is 0 Å². The van der Waals surface area contributed by atoms with Gasteiger partial charge < -0.3 is 9.88 Å². The van der Waals surface area contributed by atoms with E-state index < -0.39 is 0 Å². The van der Waals surface area contributed by atoms with Crippen molar-refractivity contribution in [1.82, 2.24) is 14.9 Å². The van der Waals surface area contributed by atoms with E-state index in [-0.39, 0.29) is 0 Å². The highest BCUT2D eigenvalue weighted by Crippen LogP contribution is 2.33. The van der Waals surface area contributed by atoms with Gasteiger partial charge in [0.05, 0.1) is 5.69 Å². The van der Waals surface area contributed by atoms with Crippen molar-refractivity contribution in [3.63, 3.8) is 0 Å². The summed E-state index contributed by atoms with van der Waals surface area (Å²) in [6.07, 6.45) is 5.05. The maximum absolute atomic E-state index is 4.96. The molecule has 0 radical (unpaired) electrons. The molecular formula is C16H29N3. The third kappa shape index (κ3) is 3.02. The number of hydrogen-bond donors (Lipinski definition) is 1. The van der Waals surface area contributed by atoms with Gasteiger partial charge in [-0.3, -0.25) is 0 Å². The second-order valence-electron chi connectivity index (χ2n) is 6.38. The fraction of sp³-hybridized carbons (Fsp3) is 0.812. The second-order valence-corrected chi connectivity index (χ2v) is 6.38. The Bertz CT molecular complexity index is 418. The van der Waals surface area contributed by atoms with E-state index in [1.807, 2.05) is 0 Å². The molecule has 0 amide bonds. The average molecular weight is 263 g/mol. The van der Waals surface area contributed by atoms with Crippen LogP contribution in [0.1, 0.15) is 83.1 Å². The SMILES string of the molecule is CCC1CCCc2c(CNC(C)C)nc(C(C)C)n21. The van der Waals surface area contributed by atoms with E-state index >= 15 is 0 Å². The molecule has 1 aliphatic heterocycles. The molecule has 3 heteroatoms.